The van der Waals surface area contributed by atoms with Gasteiger partial charge in [0.25, 0.3) is 5.91 Å². The molecule has 1 heterocycles. The van der Waals surface area contributed by atoms with Crippen LogP contribution in [-0.2, 0) is 9.53 Å². The summed E-state index contributed by atoms with van der Waals surface area (Å²) in [5.41, 5.74) is 1.67. The second-order valence-electron chi connectivity index (χ2n) is 5.84. The molecule has 1 aromatic carbocycles. The molecule has 0 aliphatic carbocycles. The molecule has 0 aliphatic rings. The van der Waals surface area contributed by atoms with Crippen molar-refractivity contribution in [2.75, 3.05) is 13.2 Å². The molecule has 0 fully saturated rings. The molecule has 132 valence electrons. The molecule has 5 nitrogen and oxygen atoms in total. The molecule has 0 radical (unpaired) electrons. The number of Topliss-reactive ketones (excluding diaryl/α,β-unsaturated/α-hetero) is 1. The van der Waals surface area contributed by atoms with Gasteiger partial charge in [-0.05, 0) is 22.9 Å². The molecule has 0 aliphatic heterocycles. The van der Waals surface area contributed by atoms with Gasteiger partial charge >= 0.3 is 5.97 Å². The number of ether oxygens (including phenoxy) is 1. The van der Waals surface area contributed by atoms with Crippen LogP contribution >= 0.6 is 11.3 Å². The number of esters is 1. The van der Waals surface area contributed by atoms with Crippen molar-refractivity contribution in [2.24, 2.45) is 0 Å². The Morgan fingerprint density at radius 1 is 1.12 bits per heavy atom. The van der Waals surface area contributed by atoms with Crippen molar-refractivity contribution in [1.29, 1.82) is 0 Å². The lowest BCUT2D eigenvalue weighted by Crippen LogP contribution is -2.26. The Balaban J connectivity index is 1.70. The molecule has 1 N–H and O–H groups in total. The van der Waals surface area contributed by atoms with E-state index < -0.39 is 5.97 Å². The number of benzene rings is 1. The number of ketones is 1. The number of amides is 1. The molecule has 0 atom stereocenters. The average Bonchev–Trinajstić information content (AvgIpc) is 3.14. The van der Waals surface area contributed by atoms with E-state index in [2.05, 4.69) is 19.2 Å². The van der Waals surface area contributed by atoms with Gasteiger partial charge < -0.3 is 10.1 Å². The van der Waals surface area contributed by atoms with Gasteiger partial charge in [0, 0.05) is 12.1 Å². The van der Waals surface area contributed by atoms with Crippen LogP contribution in [0.25, 0.3) is 0 Å². The number of hydrogen-bond donors (Lipinski definition) is 1. The molecule has 1 aromatic heterocycles. The summed E-state index contributed by atoms with van der Waals surface area (Å²) >= 11 is 1.33. The maximum atomic E-state index is 12.0. The summed E-state index contributed by atoms with van der Waals surface area (Å²) in [5.74, 6) is -0.583. The van der Waals surface area contributed by atoms with Crippen LogP contribution in [0.5, 0.6) is 0 Å². The van der Waals surface area contributed by atoms with Crippen LogP contribution in [0.15, 0.2) is 41.8 Å². The van der Waals surface area contributed by atoms with E-state index in [0.29, 0.717) is 16.4 Å². The van der Waals surface area contributed by atoms with E-state index in [9.17, 15) is 14.4 Å². The highest BCUT2D eigenvalue weighted by atomic mass is 32.1. The quantitative estimate of drug-likeness (QED) is 0.579. The molecule has 0 spiro atoms. The maximum Gasteiger partial charge on any atom is 0.308 e. The average molecular weight is 359 g/mol. The van der Waals surface area contributed by atoms with Crippen molar-refractivity contribution in [3.63, 3.8) is 0 Å². The summed E-state index contributed by atoms with van der Waals surface area (Å²) in [6, 6.07) is 10.8. The second kappa shape index (κ2) is 9.13. The van der Waals surface area contributed by atoms with Gasteiger partial charge in [0.1, 0.15) is 0 Å². The van der Waals surface area contributed by atoms with Gasteiger partial charge in [-0.15, -0.1) is 11.3 Å². The van der Waals surface area contributed by atoms with E-state index in [-0.39, 0.29) is 31.3 Å². The van der Waals surface area contributed by atoms with E-state index in [1.165, 1.54) is 11.3 Å². The van der Waals surface area contributed by atoms with Gasteiger partial charge in [-0.25, -0.2) is 0 Å². The standard InChI is InChI=1S/C19H21NO4S/c1-13(2)14-5-7-15(8-6-14)16(21)12-24-18(22)9-10-20-19(23)17-4-3-11-25-17/h3-8,11,13H,9-10,12H2,1-2H3,(H,20,23). The Kier molecular flexibility index (Phi) is 6.89. The summed E-state index contributed by atoms with van der Waals surface area (Å²) in [6.07, 6.45) is 0.0245. The molecule has 0 unspecified atom stereocenters. The van der Waals surface area contributed by atoms with Gasteiger partial charge in [-0.1, -0.05) is 44.2 Å². The maximum absolute atomic E-state index is 12.0. The minimum absolute atomic E-state index is 0.0245. The third kappa shape index (κ3) is 5.83. The summed E-state index contributed by atoms with van der Waals surface area (Å²) in [6.45, 7) is 4.04. The number of nitrogens with one attached hydrogen (secondary N) is 1. The fourth-order valence-corrected chi connectivity index (χ4v) is 2.77. The Labute approximate surface area is 151 Å². The SMILES string of the molecule is CC(C)c1ccc(C(=O)COC(=O)CCNC(=O)c2cccs2)cc1. The Morgan fingerprint density at radius 3 is 2.44 bits per heavy atom. The first-order chi connectivity index (χ1) is 12.0. The van der Waals surface area contributed by atoms with Crippen molar-refractivity contribution in [3.8, 4) is 0 Å². The van der Waals surface area contributed by atoms with Crippen molar-refractivity contribution < 1.29 is 19.1 Å². The molecular formula is C19H21NO4S. The Morgan fingerprint density at radius 2 is 1.84 bits per heavy atom. The lowest BCUT2D eigenvalue weighted by molar-refractivity contribution is -0.142. The fourth-order valence-electron chi connectivity index (χ4n) is 2.13. The van der Waals surface area contributed by atoms with E-state index in [1.54, 1.807) is 24.3 Å². The minimum atomic E-state index is -0.515. The van der Waals surface area contributed by atoms with Crippen LogP contribution in [0.4, 0.5) is 0 Å². The number of rotatable bonds is 8. The van der Waals surface area contributed by atoms with Crippen molar-refractivity contribution >= 4 is 29.0 Å². The van der Waals surface area contributed by atoms with Crippen molar-refractivity contribution in [2.45, 2.75) is 26.2 Å². The fraction of sp³-hybridized carbons (Fsp3) is 0.316. The predicted octanol–water partition coefficient (Wildman–Crippen LogP) is 3.42. The summed E-state index contributed by atoms with van der Waals surface area (Å²) in [5, 5.41) is 4.45. The number of hydrogen-bond acceptors (Lipinski definition) is 5. The summed E-state index contributed by atoms with van der Waals surface area (Å²) in [4.78, 5) is 36.0. The summed E-state index contributed by atoms with van der Waals surface area (Å²) in [7, 11) is 0. The zero-order valence-corrected chi connectivity index (χ0v) is 15.1. The van der Waals surface area contributed by atoms with Crippen molar-refractivity contribution in [3.05, 3.63) is 57.8 Å². The number of thiophene rings is 1. The first-order valence-corrected chi connectivity index (χ1v) is 8.96. The van der Waals surface area contributed by atoms with Gasteiger partial charge in [0.15, 0.2) is 12.4 Å². The molecule has 0 saturated heterocycles. The van der Waals surface area contributed by atoms with E-state index in [1.807, 2.05) is 17.5 Å². The molecule has 6 heteroatoms. The van der Waals surface area contributed by atoms with Gasteiger partial charge in [-0.2, -0.15) is 0 Å². The van der Waals surface area contributed by atoms with E-state index >= 15 is 0 Å². The van der Waals surface area contributed by atoms with Crippen LogP contribution < -0.4 is 5.32 Å². The smallest absolute Gasteiger partial charge is 0.308 e. The van der Waals surface area contributed by atoms with Crippen LogP contribution in [0.3, 0.4) is 0 Å². The van der Waals surface area contributed by atoms with Crippen molar-refractivity contribution in [1.82, 2.24) is 5.32 Å². The Hall–Kier alpha value is -2.47. The van der Waals surface area contributed by atoms with Crippen LogP contribution in [-0.4, -0.2) is 30.8 Å². The molecule has 25 heavy (non-hydrogen) atoms. The van der Waals surface area contributed by atoms with Gasteiger partial charge in [-0.3, -0.25) is 14.4 Å². The highest BCUT2D eigenvalue weighted by Crippen LogP contribution is 2.15. The zero-order chi connectivity index (χ0) is 18.2. The molecule has 0 saturated carbocycles. The third-order valence-corrected chi connectivity index (χ3v) is 4.49. The third-order valence-electron chi connectivity index (χ3n) is 3.62. The van der Waals surface area contributed by atoms with E-state index in [4.69, 9.17) is 4.74 Å². The first kappa shape index (κ1) is 18.9. The largest absolute Gasteiger partial charge is 0.457 e. The first-order valence-electron chi connectivity index (χ1n) is 8.08. The number of carbonyl (C=O) groups excluding carboxylic acids is 3. The topological polar surface area (TPSA) is 72.5 Å². The van der Waals surface area contributed by atoms with Crippen LogP contribution in [0.1, 0.15) is 51.8 Å². The minimum Gasteiger partial charge on any atom is -0.457 e. The predicted molar refractivity (Wildman–Crippen MR) is 97.1 cm³/mol. The zero-order valence-electron chi connectivity index (χ0n) is 14.3. The molecule has 2 aromatic rings. The lowest BCUT2D eigenvalue weighted by atomic mass is 10.0. The monoisotopic (exact) mass is 359 g/mol. The Bertz CT molecular complexity index is 720. The molecular weight excluding hydrogens is 338 g/mol. The summed E-state index contributed by atoms with van der Waals surface area (Å²) < 4.78 is 4.97. The highest BCUT2D eigenvalue weighted by Gasteiger charge is 2.11. The highest BCUT2D eigenvalue weighted by molar-refractivity contribution is 7.12. The lowest BCUT2D eigenvalue weighted by Gasteiger charge is -2.07. The molecule has 2 rings (SSSR count). The molecule has 1 amide bonds. The number of carbonyl (C=O) groups is 3. The van der Waals surface area contributed by atoms with Gasteiger partial charge in [0.05, 0.1) is 11.3 Å². The normalized spacial score (nSPS) is 10.5. The van der Waals surface area contributed by atoms with E-state index in [0.717, 1.165) is 5.56 Å². The van der Waals surface area contributed by atoms with Crippen LogP contribution in [0, 0.1) is 0 Å². The molecule has 0 bridgehead atoms. The van der Waals surface area contributed by atoms with Gasteiger partial charge in [0.2, 0.25) is 0 Å². The second-order valence-corrected chi connectivity index (χ2v) is 6.79. The van der Waals surface area contributed by atoms with Crippen LogP contribution in [0.2, 0.25) is 0 Å².